The molecule has 11 nitrogen and oxygen atoms in total. The second kappa shape index (κ2) is 8.08. The van der Waals surface area contributed by atoms with E-state index in [1.807, 2.05) is 31.2 Å². The SMILES string of the molecule is CCNc1ccc(CCNS(=O)(=O)c2nc(N)n3nc(-c4ccco4)nc3n2)cc1. The number of hydrogen-bond acceptors (Lipinski definition) is 9. The predicted molar refractivity (Wildman–Crippen MR) is 110 cm³/mol. The van der Waals surface area contributed by atoms with E-state index in [4.69, 9.17) is 10.2 Å². The Bertz CT molecular complexity index is 1250. The topological polar surface area (TPSA) is 153 Å². The molecule has 0 bridgehead atoms. The van der Waals surface area contributed by atoms with Crippen LogP contribution in [-0.2, 0) is 16.4 Å². The van der Waals surface area contributed by atoms with Crippen LogP contribution in [0, 0.1) is 0 Å². The summed E-state index contributed by atoms with van der Waals surface area (Å²) < 4.78 is 34.1. The number of nitrogens with two attached hydrogens (primary N) is 1. The number of furan rings is 1. The van der Waals surface area contributed by atoms with Crippen molar-refractivity contribution < 1.29 is 12.8 Å². The van der Waals surface area contributed by atoms with Gasteiger partial charge in [-0.2, -0.15) is 19.5 Å². The highest BCUT2D eigenvalue weighted by atomic mass is 32.2. The van der Waals surface area contributed by atoms with Crippen LogP contribution in [0.3, 0.4) is 0 Å². The molecule has 0 amide bonds. The van der Waals surface area contributed by atoms with E-state index in [-0.39, 0.29) is 24.1 Å². The van der Waals surface area contributed by atoms with Crippen molar-refractivity contribution in [2.24, 2.45) is 0 Å². The van der Waals surface area contributed by atoms with Crippen LogP contribution in [0.5, 0.6) is 0 Å². The Morgan fingerprint density at radius 1 is 1.13 bits per heavy atom. The summed E-state index contributed by atoms with van der Waals surface area (Å²) in [4.78, 5) is 12.0. The summed E-state index contributed by atoms with van der Waals surface area (Å²) >= 11 is 0. The van der Waals surface area contributed by atoms with E-state index >= 15 is 0 Å². The highest BCUT2D eigenvalue weighted by molar-refractivity contribution is 7.89. The van der Waals surface area contributed by atoms with Crippen molar-refractivity contribution in [1.29, 1.82) is 0 Å². The van der Waals surface area contributed by atoms with Crippen LogP contribution in [0.4, 0.5) is 11.6 Å². The monoisotopic (exact) mass is 428 g/mol. The maximum Gasteiger partial charge on any atom is 0.276 e. The van der Waals surface area contributed by atoms with Gasteiger partial charge in [0.1, 0.15) is 0 Å². The Morgan fingerprint density at radius 2 is 1.93 bits per heavy atom. The summed E-state index contributed by atoms with van der Waals surface area (Å²) in [5, 5.41) is 6.89. The van der Waals surface area contributed by atoms with Crippen molar-refractivity contribution in [3.05, 3.63) is 48.2 Å². The molecule has 12 heteroatoms. The molecule has 0 aliphatic rings. The van der Waals surface area contributed by atoms with Gasteiger partial charge in [-0.25, -0.2) is 13.1 Å². The van der Waals surface area contributed by atoms with Crippen LogP contribution in [0.25, 0.3) is 17.4 Å². The van der Waals surface area contributed by atoms with Crippen LogP contribution in [0.2, 0.25) is 0 Å². The van der Waals surface area contributed by atoms with E-state index in [1.165, 1.54) is 6.26 Å². The Morgan fingerprint density at radius 3 is 2.63 bits per heavy atom. The normalized spacial score (nSPS) is 11.8. The molecule has 0 fully saturated rings. The lowest BCUT2D eigenvalue weighted by atomic mass is 10.1. The second-order valence-corrected chi connectivity index (χ2v) is 8.02. The maximum atomic E-state index is 12.6. The molecule has 0 atom stereocenters. The quantitative estimate of drug-likeness (QED) is 0.377. The minimum Gasteiger partial charge on any atom is -0.461 e. The molecule has 0 aliphatic carbocycles. The first kappa shape index (κ1) is 19.8. The van der Waals surface area contributed by atoms with Crippen LogP contribution in [-0.4, -0.2) is 46.1 Å². The zero-order valence-corrected chi connectivity index (χ0v) is 16.9. The van der Waals surface area contributed by atoms with Gasteiger partial charge in [0, 0.05) is 18.8 Å². The molecule has 0 saturated heterocycles. The van der Waals surface area contributed by atoms with Gasteiger partial charge in [-0.15, -0.1) is 5.10 Å². The molecule has 156 valence electrons. The number of nitrogens with one attached hydrogen (secondary N) is 2. The lowest BCUT2D eigenvalue weighted by molar-refractivity contribution is 0.571. The first-order chi connectivity index (χ1) is 14.5. The summed E-state index contributed by atoms with van der Waals surface area (Å²) in [5.41, 5.74) is 7.87. The van der Waals surface area contributed by atoms with Crippen molar-refractivity contribution in [1.82, 2.24) is 29.3 Å². The van der Waals surface area contributed by atoms with Crippen LogP contribution in [0.15, 0.2) is 52.2 Å². The third-order valence-corrected chi connectivity index (χ3v) is 5.48. The van der Waals surface area contributed by atoms with Crippen molar-refractivity contribution in [2.45, 2.75) is 18.5 Å². The summed E-state index contributed by atoms with van der Waals surface area (Å²) in [6.45, 7) is 3.04. The van der Waals surface area contributed by atoms with Gasteiger partial charge in [-0.3, -0.25) is 0 Å². The largest absolute Gasteiger partial charge is 0.461 e. The molecule has 3 aromatic heterocycles. The standard InChI is InChI=1S/C18H20N8O3S/c1-2-20-13-7-5-12(6-8-13)9-10-21-30(27,28)18-23-16(19)26-17(24-18)22-15(25-26)14-4-3-11-29-14/h3-8,11,20-21H,2,9-10H2,1H3,(H2,19,22,23,24,25). The van der Waals surface area contributed by atoms with Gasteiger partial charge in [-0.1, -0.05) is 12.1 Å². The number of rotatable bonds is 8. The van der Waals surface area contributed by atoms with E-state index in [2.05, 4.69) is 30.1 Å². The van der Waals surface area contributed by atoms with E-state index in [0.717, 1.165) is 22.3 Å². The van der Waals surface area contributed by atoms with Gasteiger partial charge in [0.05, 0.1) is 6.26 Å². The van der Waals surface area contributed by atoms with Gasteiger partial charge in [0.25, 0.3) is 21.0 Å². The summed E-state index contributed by atoms with van der Waals surface area (Å²) in [6, 6.07) is 11.1. The van der Waals surface area contributed by atoms with Gasteiger partial charge in [-0.05, 0) is 43.2 Å². The molecule has 0 aliphatic heterocycles. The highest BCUT2D eigenvalue weighted by Gasteiger charge is 2.22. The highest BCUT2D eigenvalue weighted by Crippen LogP contribution is 2.17. The zero-order valence-electron chi connectivity index (χ0n) is 16.1. The molecular weight excluding hydrogens is 408 g/mol. The zero-order chi connectivity index (χ0) is 21.1. The fourth-order valence-corrected chi connectivity index (χ4v) is 3.72. The van der Waals surface area contributed by atoms with Crippen molar-refractivity contribution in [3.63, 3.8) is 0 Å². The molecule has 30 heavy (non-hydrogen) atoms. The fourth-order valence-electron chi connectivity index (χ4n) is 2.80. The van der Waals surface area contributed by atoms with Gasteiger partial charge in [0.15, 0.2) is 5.76 Å². The van der Waals surface area contributed by atoms with E-state index < -0.39 is 15.2 Å². The third kappa shape index (κ3) is 4.09. The number of aromatic nitrogens is 5. The molecule has 4 aromatic rings. The van der Waals surface area contributed by atoms with Crippen LogP contribution in [0.1, 0.15) is 12.5 Å². The van der Waals surface area contributed by atoms with Crippen LogP contribution < -0.4 is 15.8 Å². The van der Waals surface area contributed by atoms with Gasteiger partial charge < -0.3 is 15.5 Å². The molecule has 0 spiro atoms. The predicted octanol–water partition coefficient (Wildman–Crippen LogP) is 1.31. The first-order valence-electron chi connectivity index (χ1n) is 9.23. The lowest BCUT2D eigenvalue weighted by Crippen LogP contribution is -2.28. The minimum absolute atomic E-state index is 0.00767. The summed E-state index contributed by atoms with van der Waals surface area (Å²) in [5.74, 6) is 0.491. The first-order valence-corrected chi connectivity index (χ1v) is 10.7. The van der Waals surface area contributed by atoms with Crippen molar-refractivity contribution >= 4 is 27.4 Å². The molecule has 1 aromatic carbocycles. The number of nitrogens with zero attached hydrogens (tertiary/aromatic N) is 5. The lowest BCUT2D eigenvalue weighted by Gasteiger charge is -2.07. The van der Waals surface area contributed by atoms with Gasteiger partial charge in [0.2, 0.25) is 11.8 Å². The van der Waals surface area contributed by atoms with E-state index in [1.54, 1.807) is 12.1 Å². The molecule has 0 radical (unpaired) electrons. The summed E-state index contributed by atoms with van der Waals surface area (Å²) in [7, 11) is -3.97. The smallest absolute Gasteiger partial charge is 0.276 e. The number of nitrogen functional groups attached to an aromatic ring is 1. The number of hydrogen-bond donors (Lipinski definition) is 3. The molecule has 4 rings (SSSR count). The van der Waals surface area contributed by atoms with Crippen molar-refractivity contribution in [3.8, 4) is 11.6 Å². The molecular formula is C18H20N8O3S. The average molecular weight is 428 g/mol. The molecule has 4 N–H and O–H groups in total. The Hall–Kier alpha value is -3.51. The summed E-state index contributed by atoms with van der Waals surface area (Å²) in [6.07, 6.45) is 1.99. The fraction of sp³-hybridized carbons (Fsp3) is 0.222. The van der Waals surface area contributed by atoms with Crippen molar-refractivity contribution in [2.75, 3.05) is 24.1 Å². The Kier molecular flexibility index (Phi) is 5.33. The minimum atomic E-state index is -3.97. The number of sulfonamides is 1. The molecule has 0 unspecified atom stereocenters. The Labute approximate surface area is 172 Å². The maximum absolute atomic E-state index is 12.6. The third-order valence-electron chi connectivity index (χ3n) is 4.24. The number of fused-ring (bicyclic) bond motifs is 1. The van der Waals surface area contributed by atoms with Gasteiger partial charge >= 0.3 is 0 Å². The van der Waals surface area contributed by atoms with E-state index in [0.29, 0.717) is 12.2 Å². The number of anilines is 2. The Balaban J connectivity index is 1.49. The number of benzene rings is 1. The van der Waals surface area contributed by atoms with Crippen LogP contribution >= 0.6 is 0 Å². The molecule has 3 heterocycles. The second-order valence-electron chi connectivity index (χ2n) is 6.36. The molecule has 0 saturated carbocycles. The van der Waals surface area contributed by atoms with E-state index in [9.17, 15) is 8.42 Å². The average Bonchev–Trinajstić information content (AvgIpc) is 3.39.